The molecule has 0 saturated heterocycles. The molecule has 1 saturated carbocycles. The van der Waals surface area contributed by atoms with E-state index in [-0.39, 0.29) is 11.6 Å². The van der Waals surface area contributed by atoms with Crippen molar-refractivity contribution < 1.29 is 13.6 Å². The van der Waals surface area contributed by atoms with Gasteiger partial charge < -0.3 is 10.3 Å². The molecular weight excluding hydrogens is 266 g/mol. The summed E-state index contributed by atoms with van der Waals surface area (Å²) in [5.74, 6) is -5.57. The normalized spacial score (nSPS) is 30.4. The molecule has 2 N–H and O–H groups in total. The van der Waals surface area contributed by atoms with E-state index in [1.54, 1.807) is 6.07 Å². The number of amides is 1. The van der Waals surface area contributed by atoms with Gasteiger partial charge in [-0.25, -0.2) is 8.78 Å². The number of aromatic nitrogens is 1. The average molecular weight is 282 g/mol. The first kappa shape index (κ1) is 13.3. The summed E-state index contributed by atoms with van der Waals surface area (Å²) in [6.45, 7) is 1.39. The van der Waals surface area contributed by atoms with Crippen molar-refractivity contribution in [3.63, 3.8) is 0 Å². The van der Waals surface area contributed by atoms with Crippen LogP contribution in [0.1, 0.15) is 37.1 Å². The summed E-state index contributed by atoms with van der Waals surface area (Å²) in [5.41, 5.74) is 1.45. The molecule has 1 amide bonds. The van der Waals surface area contributed by atoms with Crippen LogP contribution in [0.4, 0.5) is 8.78 Å². The summed E-state index contributed by atoms with van der Waals surface area (Å²) in [7, 11) is 0. The van der Waals surface area contributed by atoms with Crippen LogP contribution in [-0.2, 0) is 11.2 Å². The number of alkyl halides is 2. The van der Waals surface area contributed by atoms with Crippen LogP contribution in [0.15, 0.2) is 16.9 Å². The van der Waals surface area contributed by atoms with Gasteiger partial charge in [-0.15, -0.1) is 0 Å². The number of pyridine rings is 1. The lowest BCUT2D eigenvalue weighted by Gasteiger charge is -2.25. The minimum atomic E-state index is -2.88. The molecule has 1 heterocycles. The summed E-state index contributed by atoms with van der Waals surface area (Å²) in [6.07, 6.45) is 2.26. The van der Waals surface area contributed by atoms with Crippen LogP contribution in [-0.4, -0.2) is 16.8 Å². The standard InChI is InChI=1S/C14H16F2N2O2/c1-7-12(14(7,15)16)13(20)18-10-4-2-3-9-8(10)5-6-11(19)17-9/h5-7,10,12H,2-4H2,1H3,(H,17,19)(H,18,20). The first-order valence-electron chi connectivity index (χ1n) is 6.81. The lowest BCUT2D eigenvalue weighted by atomic mass is 9.91. The zero-order valence-corrected chi connectivity index (χ0v) is 11.1. The van der Waals surface area contributed by atoms with Crippen molar-refractivity contribution in [2.75, 3.05) is 0 Å². The van der Waals surface area contributed by atoms with Crippen molar-refractivity contribution in [1.82, 2.24) is 10.3 Å². The van der Waals surface area contributed by atoms with Gasteiger partial charge in [-0.3, -0.25) is 9.59 Å². The molecule has 3 atom stereocenters. The van der Waals surface area contributed by atoms with Gasteiger partial charge in [0.2, 0.25) is 11.5 Å². The van der Waals surface area contributed by atoms with Crippen LogP contribution in [0.25, 0.3) is 0 Å². The Morgan fingerprint density at radius 2 is 2.15 bits per heavy atom. The van der Waals surface area contributed by atoms with Crippen molar-refractivity contribution in [3.8, 4) is 0 Å². The quantitative estimate of drug-likeness (QED) is 0.868. The SMILES string of the molecule is CC1C(C(=O)NC2CCCc3[nH]c(=O)ccc32)C1(F)F. The van der Waals surface area contributed by atoms with E-state index in [0.29, 0.717) is 6.42 Å². The highest BCUT2D eigenvalue weighted by atomic mass is 19.3. The van der Waals surface area contributed by atoms with Crippen LogP contribution in [0.5, 0.6) is 0 Å². The number of halogens is 2. The summed E-state index contributed by atoms with van der Waals surface area (Å²) >= 11 is 0. The lowest BCUT2D eigenvalue weighted by molar-refractivity contribution is -0.125. The van der Waals surface area contributed by atoms with E-state index in [2.05, 4.69) is 10.3 Å². The molecule has 2 aliphatic rings. The zero-order valence-electron chi connectivity index (χ0n) is 11.1. The first-order chi connectivity index (χ1) is 9.41. The summed E-state index contributed by atoms with van der Waals surface area (Å²) in [6, 6.07) is 2.79. The van der Waals surface area contributed by atoms with Crippen molar-refractivity contribution in [2.45, 2.75) is 38.2 Å². The molecule has 0 spiro atoms. The maximum Gasteiger partial charge on any atom is 0.263 e. The molecule has 1 fully saturated rings. The second-order valence-corrected chi connectivity index (χ2v) is 5.65. The molecule has 6 heteroatoms. The Kier molecular flexibility index (Phi) is 2.92. The molecule has 0 aliphatic heterocycles. The predicted molar refractivity (Wildman–Crippen MR) is 68.5 cm³/mol. The minimum absolute atomic E-state index is 0.182. The Morgan fingerprint density at radius 1 is 1.45 bits per heavy atom. The number of aromatic amines is 1. The highest BCUT2D eigenvalue weighted by Crippen LogP contribution is 2.55. The minimum Gasteiger partial charge on any atom is -0.349 e. The fourth-order valence-corrected chi connectivity index (χ4v) is 2.99. The summed E-state index contributed by atoms with van der Waals surface area (Å²) in [5, 5.41) is 2.70. The van der Waals surface area contributed by atoms with Gasteiger partial charge >= 0.3 is 0 Å². The van der Waals surface area contributed by atoms with E-state index in [0.717, 1.165) is 24.1 Å². The van der Waals surface area contributed by atoms with Gasteiger partial charge in [0.25, 0.3) is 5.92 Å². The van der Waals surface area contributed by atoms with Gasteiger partial charge in [0.1, 0.15) is 5.92 Å². The van der Waals surface area contributed by atoms with Gasteiger partial charge in [0.05, 0.1) is 6.04 Å². The molecule has 0 bridgehead atoms. The summed E-state index contributed by atoms with van der Waals surface area (Å²) in [4.78, 5) is 25.9. The van der Waals surface area contributed by atoms with Gasteiger partial charge in [0, 0.05) is 17.7 Å². The van der Waals surface area contributed by atoms with Gasteiger partial charge in [-0.2, -0.15) is 0 Å². The van der Waals surface area contributed by atoms with Crippen molar-refractivity contribution in [1.29, 1.82) is 0 Å². The number of hydrogen-bond acceptors (Lipinski definition) is 2. The second-order valence-electron chi connectivity index (χ2n) is 5.65. The molecular formula is C14H16F2N2O2. The van der Waals surface area contributed by atoms with E-state index in [9.17, 15) is 18.4 Å². The van der Waals surface area contributed by atoms with Crippen LogP contribution in [0.3, 0.4) is 0 Å². The average Bonchev–Trinajstić information content (AvgIpc) is 2.88. The van der Waals surface area contributed by atoms with Crippen molar-refractivity contribution in [2.24, 2.45) is 11.8 Å². The van der Waals surface area contributed by atoms with Gasteiger partial charge in [-0.05, 0) is 30.9 Å². The Labute approximate surface area is 114 Å². The monoisotopic (exact) mass is 282 g/mol. The predicted octanol–water partition coefficient (Wildman–Crippen LogP) is 1.77. The Hall–Kier alpha value is -1.72. The number of carbonyl (C=O) groups is 1. The molecule has 4 nitrogen and oxygen atoms in total. The number of hydrogen-bond donors (Lipinski definition) is 2. The number of aryl methyl sites for hydroxylation is 1. The van der Waals surface area contributed by atoms with Gasteiger partial charge in [0.15, 0.2) is 0 Å². The third-order valence-corrected chi connectivity index (χ3v) is 4.34. The maximum absolute atomic E-state index is 13.2. The Bertz CT molecular complexity index is 611. The molecule has 20 heavy (non-hydrogen) atoms. The molecule has 2 aliphatic carbocycles. The zero-order chi connectivity index (χ0) is 14.5. The second kappa shape index (κ2) is 4.40. The van der Waals surface area contributed by atoms with Crippen molar-refractivity contribution >= 4 is 5.91 Å². The number of H-pyrrole nitrogens is 1. The van der Waals surface area contributed by atoms with Crippen LogP contribution >= 0.6 is 0 Å². The molecule has 3 rings (SSSR count). The van der Waals surface area contributed by atoms with Crippen LogP contribution in [0, 0.1) is 11.8 Å². The van der Waals surface area contributed by atoms with Gasteiger partial charge in [-0.1, -0.05) is 6.92 Å². The third-order valence-electron chi connectivity index (χ3n) is 4.34. The third kappa shape index (κ3) is 2.03. The van der Waals surface area contributed by atoms with E-state index >= 15 is 0 Å². The van der Waals surface area contributed by atoms with E-state index < -0.39 is 23.7 Å². The van der Waals surface area contributed by atoms with E-state index in [1.165, 1.54) is 13.0 Å². The fourth-order valence-electron chi connectivity index (χ4n) is 2.99. The van der Waals surface area contributed by atoms with Crippen molar-refractivity contribution in [3.05, 3.63) is 33.7 Å². The summed E-state index contributed by atoms with van der Waals surface area (Å²) < 4.78 is 26.5. The number of fused-ring (bicyclic) bond motifs is 1. The Balaban J connectivity index is 1.77. The van der Waals surface area contributed by atoms with E-state index in [4.69, 9.17) is 0 Å². The number of nitrogens with one attached hydrogen (secondary N) is 2. The Morgan fingerprint density at radius 3 is 2.80 bits per heavy atom. The molecule has 0 radical (unpaired) electrons. The van der Waals surface area contributed by atoms with Crippen LogP contribution < -0.4 is 10.9 Å². The van der Waals surface area contributed by atoms with Crippen LogP contribution in [0.2, 0.25) is 0 Å². The molecule has 0 aromatic carbocycles. The smallest absolute Gasteiger partial charge is 0.263 e. The molecule has 1 aromatic rings. The largest absolute Gasteiger partial charge is 0.349 e. The fraction of sp³-hybridized carbons (Fsp3) is 0.571. The highest BCUT2D eigenvalue weighted by Gasteiger charge is 2.69. The lowest BCUT2D eigenvalue weighted by Crippen LogP contribution is -2.34. The number of carbonyl (C=O) groups excluding carboxylic acids is 1. The molecule has 3 unspecified atom stereocenters. The molecule has 1 aromatic heterocycles. The number of rotatable bonds is 2. The maximum atomic E-state index is 13.2. The highest BCUT2D eigenvalue weighted by molar-refractivity contribution is 5.84. The van der Waals surface area contributed by atoms with E-state index in [1.807, 2.05) is 0 Å². The topological polar surface area (TPSA) is 62.0 Å². The first-order valence-corrected chi connectivity index (χ1v) is 6.81. The molecule has 108 valence electrons.